The summed E-state index contributed by atoms with van der Waals surface area (Å²) in [5, 5.41) is 11.5. The molecule has 0 aromatic carbocycles. The first-order valence-corrected chi connectivity index (χ1v) is 10.6. The molecule has 2 N–H and O–H groups in total. The number of amides is 1. The second kappa shape index (κ2) is 8.13. The summed E-state index contributed by atoms with van der Waals surface area (Å²) < 4.78 is 19.2. The van der Waals surface area contributed by atoms with E-state index >= 15 is 0 Å². The minimum atomic E-state index is -1.31. The summed E-state index contributed by atoms with van der Waals surface area (Å²) in [4.78, 5) is 38.6. The van der Waals surface area contributed by atoms with Gasteiger partial charge >= 0.3 is 5.69 Å². The average Bonchev–Trinajstić information content (AvgIpc) is 2.82. The molecule has 0 saturated carbocycles. The summed E-state index contributed by atoms with van der Waals surface area (Å²) >= 11 is 0. The Morgan fingerprint density at radius 3 is 2.89 bits per heavy atom. The van der Waals surface area contributed by atoms with Crippen molar-refractivity contribution in [2.24, 2.45) is 0 Å². The smallest absolute Gasteiger partial charge is 0.330 e. The molecule has 152 valence electrons. The number of carbonyl (C=O) groups is 1. The quantitative estimate of drug-likeness (QED) is 0.498. The number of hydrogen-bond donors (Lipinski definition) is 2. The molecule has 10 nitrogen and oxygen atoms in total. The van der Waals surface area contributed by atoms with Gasteiger partial charge in [0.2, 0.25) is 5.91 Å². The average molecular weight is 410 g/mol. The third-order valence-electron chi connectivity index (χ3n) is 5.06. The maximum absolute atomic E-state index is 12.4. The fraction of sp³-hybridized carbons (Fsp3) is 0.647. The highest BCUT2D eigenvalue weighted by atomic mass is 31.2. The summed E-state index contributed by atoms with van der Waals surface area (Å²) in [5.41, 5.74) is -1.63. The van der Waals surface area contributed by atoms with Crippen LogP contribution in [0.25, 0.3) is 0 Å². The Bertz CT molecular complexity index is 908. The van der Waals surface area contributed by atoms with E-state index in [9.17, 15) is 14.4 Å². The molecule has 11 heteroatoms. The lowest BCUT2D eigenvalue weighted by atomic mass is 9.84. The summed E-state index contributed by atoms with van der Waals surface area (Å²) in [7, 11) is -1.31. The van der Waals surface area contributed by atoms with Crippen molar-refractivity contribution in [2.75, 3.05) is 13.3 Å². The Balaban J connectivity index is 1.92. The Morgan fingerprint density at radius 2 is 2.21 bits per heavy atom. The van der Waals surface area contributed by atoms with Gasteiger partial charge < -0.3 is 19.1 Å². The highest BCUT2D eigenvalue weighted by Gasteiger charge is 2.61. The number of rotatable bonds is 7. The number of nitriles is 1. The standard InChI is InChI=1S/C17H23N4O6P/c1-4-17-8-11(22)19-12(13(17)27-28(3)25-7-5-6-18)15(26-17)21-9-10(2)14(23)20-16(21)24/h9,12-13,15H,4-5,7-8H2,1-3H3,(H,19,22)(H,20,23,24)/t12-,13?,15+,17-,28?/m0/s1. The molecule has 2 aliphatic rings. The highest BCUT2D eigenvalue weighted by molar-refractivity contribution is 7.46. The number of nitrogens with zero attached hydrogens (tertiary/aromatic N) is 2. The van der Waals surface area contributed by atoms with Crippen molar-refractivity contribution in [3.63, 3.8) is 0 Å². The van der Waals surface area contributed by atoms with E-state index in [1.54, 1.807) is 13.6 Å². The minimum absolute atomic E-state index is 0.0968. The molecule has 5 atom stereocenters. The number of aryl methyl sites for hydroxylation is 1. The van der Waals surface area contributed by atoms with Crippen LogP contribution in [0.4, 0.5) is 0 Å². The Morgan fingerprint density at radius 1 is 1.46 bits per heavy atom. The van der Waals surface area contributed by atoms with Crippen LogP contribution in [0.15, 0.2) is 15.8 Å². The molecule has 28 heavy (non-hydrogen) atoms. The number of ether oxygens (including phenoxy) is 1. The maximum atomic E-state index is 12.4. The summed E-state index contributed by atoms with van der Waals surface area (Å²) in [6.07, 6.45) is 0.929. The lowest BCUT2D eigenvalue weighted by molar-refractivity contribution is -0.138. The van der Waals surface area contributed by atoms with Crippen molar-refractivity contribution in [1.82, 2.24) is 14.9 Å². The molecule has 0 aliphatic carbocycles. The molecular formula is C17H23N4O6P. The number of aromatic amines is 1. The maximum Gasteiger partial charge on any atom is 0.330 e. The van der Waals surface area contributed by atoms with Gasteiger partial charge in [0.15, 0.2) is 14.6 Å². The van der Waals surface area contributed by atoms with Crippen molar-refractivity contribution in [3.05, 3.63) is 32.6 Å². The summed E-state index contributed by atoms with van der Waals surface area (Å²) in [5.74, 6) is -0.186. The minimum Gasteiger partial charge on any atom is -0.346 e. The van der Waals surface area contributed by atoms with E-state index in [4.69, 9.17) is 19.0 Å². The normalized spacial score (nSPS) is 29.9. The third kappa shape index (κ3) is 3.76. The van der Waals surface area contributed by atoms with Gasteiger partial charge in [-0.2, -0.15) is 5.26 Å². The van der Waals surface area contributed by atoms with E-state index in [0.717, 1.165) is 0 Å². The van der Waals surface area contributed by atoms with Crippen LogP contribution in [0, 0.1) is 18.3 Å². The van der Waals surface area contributed by atoms with Gasteiger partial charge in [-0.05, 0) is 13.3 Å². The van der Waals surface area contributed by atoms with E-state index in [-0.39, 0.29) is 25.4 Å². The predicted octanol–water partition coefficient (Wildman–Crippen LogP) is 0.668. The van der Waals surface area contributed by atoms with Crippen LogP contribution in [-0.2, 0) is 18.6 Å². The van der Waals surface area contributed by atoms with Crippen LogP contribution >= 0.6 is 8.38 Å². The summed E-state index contributed by atoms with van der Waals surface area (Å²) in [6, 6.07) is 1.39. The van der Waals surface area contributed by atoms with Gasteiger partial charge in [0.1, 0.15) is 17.7 Å². The fourth-order valence-corrected chi connectivity index (χ4v) is 4.69. The summed E-state index contributed by atoms with van der Waals surface area (Å²) in [6.45, 7) is 5.51. The Hall–Kier alpha value is -2.05. The van der Waals surface area contributed by atoms with Crippen LogP contribution in [0.1, 0.15) is 38.0 Å². The highest BCUT2D eigenvalue weighted by Crippen LogP contribution is 2.50. The Labute approximate surface area is 162 Å². The number of carbonyl (C=O) groups excluding carboxylic acids is 1. The van der Waals surface area contributed by atoms with Crippen LogP contribution < -0.4 is 16.6 Å². The van der Waals surface area contributed by atoms with E-state index in [1.165, 1.54) is 10.8 Å². The molecule has 2 saturated heterocycles. The van der Waals surface area contributed by atoms with E-state index in [0.29, 0.717) is 12.0 Å². The zero-order valence-electron chi connectivity index (χ0n) is 15.9. The van der Waals surface area contributed by atoms with Crippen LogP contribution in [0.2, 0.25) is 0 Å². The number of piperidine rings is 1. The van der Waals surface area contributed by atoms with Gasteiger partial charge in [0.25, 0.3) is 5.56 Å². The first-order chi connectivity index (χ1) is 13.3. The second-order valence-corrected chi connectivity index (χ2v) is 8.23. The van der Waals surface area contributed by atoms with E-state index in [1.807, 2.05) is 13.0 Å². The van der Waals surface area contributed by atoms with Crippen molar-refractivity contribution >= 4 is 14.3 Å². The molecule has 3 rings (SSSR count). The van der Waals surface area contributed by atoms with Gasteiger partial charge in [-0.15, -0.1) is 0 Å². The lowest BCUT2D eigenvalue weighted by Gasteiger charge is -2.38. The lowest BCUT2D eigenvalue weighted by Crippen LogP contribution is -2.58. The first-order valence-electron chi connectivity index (χ1n) is 9.01. The molecule has 1 aromatic rings. The van der Waals surface area contributed by atoms with Crippen LogP contribution in [-0.4, -0.2) is 46.5 Å². The van der Waals surface area contributed by atoms with Gasteiger partial charge in [0, 0.05) is 18.4 Å². The molecule has 2 aliphatic heterocycles. The number of aromatic nitrogens is 2. The van der Waals surface area contributed by atoms with E-state index in [2.05, 4.69) is 10.3 Å². The molecule has 2 fully saturated rings. The molecule has 2 unspecified atom stereocenters. The van der Waals surface area contributed by atoms with Gasteiger partial charge in [-0.25, -0.2) is 4.79 Å². The first kappa shape index (κ1) is 20.7. The number of H-pyrrole nitrogens is 1. The van der Waals surface area contributed by atoms with Crippen LogP contribution in [0.5, 0.6) is 0 Å². The fourth-order valence-electron chi connectivity index (χ4n) is 3.64. The van der Waals surface area contributed by atoms with Crippen LogP contribution in [0.3, 0.4) is 0 Å². The molecule has 3 heterocycles. The van der Waals surface area contributed by atoms with Crippen molar-refractivity contribution < 1.29 is 18.6 Å². The largest absolute Gasteiger partial charge is 0.346 e. The molecule has 1 aromatic heterocycles. The monoisotopic (exact) mass is 410 g/mol. The zero-order chi connectivity index (χ0) is 20.5. The molecular weight excluding hydrogens is 387 g/mol. The van der Waals surface area contributed by atoms with Crippen molar-refractivity contribution in [2.45, 2.75) is 57.1 Å². The SMILES string of the molecule is CC[C@]12CC(=O)N[C@@H](C1OP(C)OCCC#N)[C@H](n1cc(C)c(=O)[nH]c1=O)O2. The van der Waals surface area contributed by atoms with E-state index < -0.39 is 43.6 Å². The number of nitrogens with one attached hydrogen (secondary N) is 2. The molecule has 0 radical (unpaired) electrons. The predicted molar refractivity (Wildman–Crippen MR) is 99.7 cm³/mol. The third-order valence-corrected chi connectivity index (χ3v) is 6.13. The zero-order valence-corrected chi connectivity index (χ0v) is 16.8. The van der Waals surface area contributed by atoms with Crippen molar-refractivity contribution in [1.29, 1.82) is 5.26 Å². The Kier molecular flexibility index (Phi) is 6.01. The molecule has 2 bridgehead atoms. The van der Waals surface area contributed by atoms with Gasteiger partial charge in [0.05, 0.1) is 25.5 Å². The van der Waals surface area contributed by atoms with Crippen molar-refractivity contribution in [3.8, 4) is 6.07 Å². The van der Waals surface area contributed by atoms with Gasteiger partial charge in [-0.1, -0.05) is 6.92 Å². The number of fused-ring (bicyclic) bond motifs is 2. The second-order valence-electron chi connectivity index (χ2n) is 6.88. The van der Waals surface area contributed by atoms with Gasteiger partial charge in [-0.3, -0.25) is 19.1 Å². The molecule has 1 amide bonds. The topological polar surface area (TPSA) is 135 Å². The number of hydrogen-bond acceptors (Lipinski definition) is 7. The molecule has 0 spiro atoms.